The van der Waals surface area contributed by atoms with E-state index < -0.39 is 23.5 Å². The number of allylic oxidation sites excluding steroid dienone is 5. The molecule has 2 heterocycles. The Labute approximate surface area is 181 Å². The Morgan fingerprint density at radius 1 is 0.903 bits per heavy atom. The van der Waals surface area contributed by atoms with Gasteiger partial charge < -0.3 is 0 Å². The van der Waals surface area contributed by atoms with Crippen molar-refractivity contribution >= 4 is 28.2 Å². The summed E-state index contributed by atoms with van der Waals surface area (Å²) in [5.41, 5.74) is -0.486. The van der Waals surface area contributed by atoms with Crippen molar-refractivity contribution in [1.82, 2.24) is 9.97 Å². The second-order valence-corrected chi connectivity index (χ2v) is 8.37. The van der Waals surface area contributed by atoms with Crippen LogP contribution < -0.4 is 0 Å². The molecular formula is C21H14F6N2S2. The molecule has 0 atom stereocenters. The third-order valence-corrected chi connectivity index (χ3v) is 6.49. The first kappa shape index (κ1) is 23.0. The van der Waals surface area contributed by atoms with Crippen molar-refractivity contribution in [1.29, 1.82) is 0 Å². The molecule has 3 rings (SSSR count). The van der Waals surface area contributed by atoms with E-state index >= 15 is 0 Å². The summed E-state index contributed by atoms with van der Waals surface area (Å²) in [7, 11) is 0. The van der Waals surface area contributed by atoms with Gasteiger partial charge in [0.25, 0.3) is 0 Å². The molecule has 0 N–H and O–H groups in total. The Morgan fingerprint density at radius 3 is 2.10 bits per heavy atom. The molecule has 162 valence electrons. The molecule has 0 fully saturated rings. The second kappa shape index (κ2) is 8.80. The summed E-state index contributed by atoms with van der Waals surface area (Å²) >= 11 is 2.57. The average Bonchev–Trinajstić information content (AvgIpc) is 3.36. The van der Waals surface area contributed by atoms with Crippen molar-refractivity contribution < 1.29 is 26.3 Å². The summed E-state index contributed by atoms with van der Waals surface area (Å²) in [4.78, 5) is 10.0. The first-order valence-electron chi connectivity index (χ1n) is 8.67. The number of benzene rings is 1. The van der Waals surface area contributed by atoms with Gasteiger partial charge in [-0.3, -0.25) is 0 Å². The maximum Gasteiger partial charge on any atom is 0.416 e. The van der Waals surface area contributed by atoms with E-state index in [9.17, 15) is 26.3 Å². The summed E-state index contributed by atoms with van der Waals surface area (Å²) in [5, 5.41) is 1.09. The van der Waals surface area contributed by atoms with Gasteiger partial charge >= 0.3 is 12.4 Å². The van der Waals surface area contributed by atoms with Crippen LogP contribution in [0.5, 0.6) is 0 Å². The van der Waals surface area contributed by atoms with E-state index in [1.165, 1.54) is 40.9 Å². The van der Waals surface area contributed by atoms with Crippen molar-refractivity contribution in [3.63, 3.8) is 0 Å². The van der Waals surface area contributed by atoms with Gasteiger partial charge in [0.1, 0.15) is 10.0 Å². The van der Waals surface area contributed by atoms with E-state index in [0.29, 0.717) is 21.2 Å². The van der Waals surface area contributed by atoms with Crippen LogP contribution in [-0.4, -0.2) is 16.1 Å². The smallest absolute Gasteiger partial charge is 0.244 e. The Balaban J connectivity index is 1.81. The Morgan fingerprint density at radius 2 is 1.52 bits per heavy atom. The van der Waals surface area contributed by atoms with Crippen LogP contribution in [0, 0.1) is 0 Å². The monoisotopic (exact) mass is 472 g/mol. The fourth-order valence-corrected chi connectivity index (χ4v) is 4.34. The van der Waals surface area contributed by atoms with Crippen molar-refractivity contribution in [2.24, 2.45) is 0 Å². The lowest BCUT2D eigenvalue weighted by atomic mass is 10.1. The molecule has 0 unspecified atom stereocenters. The maximum absolute atomic E-state index is 12.8. The molecule has 0 saturated carbocycles. The minimum Gasteiger partial charge on any atom is -0.244 e. The van der Waals surface area contributed by atoms with E-state index in [2.05, 4.69) is 16.5 Å². The molecule has 10 heteroatoms. The lowest BCUT2D eigenvalue weighted by molar-refractivity contribution is -0.137. The molecule has 0 amide bonds. The number of alkyl halides is 6. The Hall–Kier alpha value is -2.72. The van der Waals surface area contributed by atoms with Crippen LogP contribution in [0.2, 0.25) is 0 Å². The highest BCUT2D eigenvalue weighted by Crippen LogP contribution is 2.37. The zero-order chi connectivity index (χ0) is 22.8. The number of rotatable bonds is 5. The molecule has 0 aliphatic carbocycles. The number of nitrogens with zero attached hydrogens (tertiary/aromatic N) is 2. The van der Waals surface area contributed by atoms with Gasteiger partial charge in [-0.05, 0) is 30.7 Å². The highest BCUT2D eigenvalue weighted by Gasteiger charge is 2.31. The van der Waals surface area contributed by atoms with E-state index in [0.717, 1.165) is 34.0 Å². The highest BCUT2D eigenvalue weighted by atomic mass is 32.1. The Bertz CT molecular complexity index is 1130. The van der Waals surface area contributed by atoms with Gasteiger partial charge in [-0.1, -0.05) is 30.9 Å². The number of hydrogen-bond acceptors (Lipinski definition) is 4. The minimum atomic E-state index is -4.48. The average molecular weight is 472 g/mol. The third kappa shape index (κ3) is 5.50. The summed E-state index contributed by atoms with van der Waals surface area (Å²) < 4.78 is 76.5. The highest BCUT2D eigenvalue weighted by molar-refractivity contribution is 7.23. The topological polar surface area (TPSA) is 25.8 Å². The molecule has 0 radical (unpaired) electrons. The van der Waals surface area contributed by atoms with Gasteiger partial charge in [-0.15, -0.1) is 22.7 Å². The molecular weight excluding hydrogens is 458 g/mol. The zero-order valence-electron chi connectivity index (χ0n) is 15.9. The van der Waals surface area contributed by atoms with Gasteiger partial charge in [0.15, 0.2) is 0 Å². The van der Waals surface area contributed by atoms with Gasteiger partial charge in [0.2, 0.25) is 0 Å². The van der Waals surface area contributed by atoms with Crippen LogP contribution in [0.3, 0.4) is 0 Å². The lowest BCUT2D eigenvalue weighted by Gasteiger charge is -2.06. The van der Waals surface area contributed by atoms with Crippen molar-refractivity contribution in [3.8, 4) is 20.3 Å². The largest absolute Gasteiger partial charge is 0.416 e. The fourth-order valence-electron chi connectivity index (χ4n) is 2.46. The second-order valence-electron chi connectivity index (χ2n) is 6.31. The Kier molecular flexibility index (Phi) is 6.51. The van der Waals surface area contributed by atoms with Crippen molar-refractivity contribution in [2.45, 2.75) is 19.3 Å². The summed E-state index contributed by atoms with van der Waals surface area (Å²) in [6, 6.07) is 4.73. The van der Waals surface area contributed by atoms with Crippen LogP contribution in [0.15, 0.2) is 67.0 Å². The molecule has 1 aromatic carbocycles. The van der Waals surface area contributed by atoms with Gasteiger partial charge in [-0.2, -0.15) is 26.3 Å². The van der Waals surface area contributed by atoms with Gasteiger partial charge in [-0.25, -0.2) is 9.97 Å². The maximum atomic E-state index is 12.8. The molecule has 2 nitrogen and oxygen atoms in total. The third-order valence-electron chi connectivity index (χ3n) is 4.11. The molecule has 0 spiro atoms. The van der Waals surface area contributed by atoms with Crippen LogP contribution in [0.4, 0.5) is 26.3 Å². The van der Waals surface area contributed by atoms with Crippen LogP contribution in [-0.2, 0) is 6.18 Å². The molecule has 2 aromatic heterocycles. The zero-order valence-corrected chi connectivity index (χ0v) is 17.5. The SMILES string of the molecule is C=C/C(=C\C=C(/C)c1ncc(-c2cnc(-c3ccc(C(F)(F)F)cc3)s2)s1)C(F)(F)F. The van der Waals surface area contributed by atoms with Crippen LogP contribution >= 0.6 is 22.7 Å². The molecule has 3 aromatic rings. The molecule has 0 aliphatic rings. The van der Waals surface area contributed by atoms with Crippen LogP contribution in [0.25, 0.3) is 25.9 Å². The van der Waals surface area contributed by atoms with E-state index in [1.54, 1.807) is 19.3 Å². The molecule has 0 aliphatic heterocycles. The van der Waals surface area contributed by atoms with E-state index in [1.807, 2.05) is 0 Å². The van der Waals surface area contributed by atoms with Crippen molar-refractivity contribution in [2.75, 3.05) is 0 Å². The number of thiazole rings is 2. The fraction of sp³-hybridized carbons (Fsp3) is 0.143. The van der Waals surface area contributed by atoms with Crippen molar-refractivity contribution in [3.05, 3.63) is 77.6 Å². The molecule has 0 bridgehead atoms. The van der Waals surface area contributed by atoms with Gasteiger partial charge in [0.05, 0.1) is 20.9 Å². The summed E-state index contributed by atoms with van der Waals surface area (Å²) in [6.07, 6.45) is -2.69. The van der Waals surface area contributed by atoms with E-state index in [4.69, 9.17) is 0 Å². The first-order chi connectivity index (χ1) is 14.5. The summed E-state index contributed by atoms with van der Waals surface area (Å²) in [6.45, 7) is 4.82. The number of aromatic nitrogens is 2. The molecule has 0 saturated heterocycles. The normalized spacial score (nSPS) is 13.5. The predicted molar refractivity (Wildman–Crippen MR) is 112 cm³/mol. The standard InChI is InChI=1S/C21H14F6N2S2/c1-3-14(20(22,23)24)7-4-12(2)18-28-10-16(30-18)17-11-29-19(31-17)13-5-8-15(9-6-13)21(25,26)27/h3-11H,1H2,2H3/b12-4+,14-7+. The minimum absolute atomic E-state index is 0.543. The number of halogens is 6. The van der Waals surface area contributed by atoms with Crippen LogP contribution in [0.1, 0.15) is 17.5 Å². The van der Waals surface area contributed by atoms with Gasteiger partial charge in [0, 0.05) is 18.0 Å². The summed E-state index contributed by atoms with van der Waals surface area (Å²) in [5.74, 6) is 0. The first-order valence-corrected chi connectivity index (χ1v) is 10.3. The molecule has 31 heavy (non-hydrogen) atoms. The lowest BCUT2D eigenvalue weighted by Crippen LogP contribution is -2.09. The number of hydrogen-bond donors (Lipinski definition) is 0. The van der Waals surface area contributed by atoms with E-state index in [-0.39, 0.29) is 0 Å². The quantitative estimate of drug-likeness (QED) is 0.277. The predicted octanol–water partition coefficient (Wildman–Crippen LogP) is 8.03.